The summed E-state index contributed by atoms with van der Waals surface area (Å²) in [5.41, 5.74) is 6.26. The molecule has 0 radical (unpaired) electrons. The number of hydrogen-bond acceptors (Lipinski definition) is 3. The van der Waals surface area contributed by atoms with Crippen molar-refractivity contribution in [1.82, 2.24) is 9.80 Å². The molecule has 0 spiro atoms. The van der Waals surface area contributed by atoms with Gasteiger partial charge in [-0.15, -0.1) is 0 Å². The monoisotopic (exact) mass is 249 g/mol. The highest BCUT2D eigenvalue weighted by atomic mass is 15.3. The van der Waals surface area contributed by atoms with Crippen LogP contribution in [0.25, 0.3) is 0 Å². The Hall–Kier alpha value is -0.120. The molecule has 0 aliphatic carbocycles. The van der Waals surface area contributed by atoms with Gasteiger partial charge >= 0.3 is 0 Å². The van der Waals surface area contributed by atoms with Crippen LogP contribution in [0.5, 0.6) is 0 Å². The van der Waals surface area contributed by atoms with Crippen LogP contribution in [0, 0.1) is 0 Å². The van der Waals surface area contributed by atoms with Crippen molar-refractivity contribution in [1.29, 1.82) is 0 Å². The highest BCUT2D eigenvalue weighted by Gasteiger charge is 2.47. The maximum Gasteiger partial charge on any atom is 0.0269 e. The van der Waals surface area contributed by atoms with Crippen molar-refractivity contribution < 1.29 is 0 Å². The summed E-state index contributed by atoms with van der Waals surface area (Å²) in [6.45, 7) is 2.72. The Kier molecular flexibility index (Phi) is 2.90. The van der Waals surface area contributed by atoms with E-state index in [1.54, 1.807) is 0 Å². The fraction of sp³-hybridized carbons (Fsp3) is 1.00. The van der Waals surface area contributed by atoms with Crippen molar-refractivity contribution >= 4 is 0 Å². The van der Waals surface area contributed by atoms with Gasteiger partial charge < -0.3 is 5.73 Å². The normalized spacial score (nSPS) is 49.5. The van der Waals surface area contributed by atoms with Gasteiger partial charge in [-0.05, 0) is 51.5 Å². The highest BCUT2D eigenvalue weighted by molar-refractivity contribution is 5.04. The molecule has 3 nitrogen and oxygen atoms in total. The lowest BCUT2D eigenvalue weighted by molar-refractivity contribution is -0.0135. The minimum atomic E-state index is 0.484. The first-order chi connectivity index (χ1) is 8.83. The molecule has 0 aromatic heterocycles. The van der Waals surface area contributed by atoms with Crippen LogP contribution < -0.4 is 5.73 Å². The zero-order chi connectivity index (χ0) is 12.1. The van der Waals surface area contributed by atoms with Crippen LogP contribution in [0.4, 0.5) is 0 Å². The number of hydrogen-bond donors (Lipinski definition) is 1. The Morgan fingerprint density at radius 2 is 1.56 bits per heavy atom. The van der Waals surface area contributed by atoms with Crippen molar-refractivity contribution in [3.63, 3.8) is 0 Å². The molecule has 4 unspecified atom stereocenters. The van der Waals surface area contributed by atoms with Crippen LogP contribution in [-0.4, -0.2) is 53.1 Å². The molecule has 18 heavy (non-hydrogen) atoms. The van der Waals surface area contributed by atoms with Gasteiger partial charge in [-0.3, -0.25) is 9.80 Å². The van der Waals surface area contributed by atoms with Gasteiger partial charge in [-0.25, -0.2) is 0 Å². The molecule has 4 atom stereocenters. The third kappa shape index (κ3) is 1.75. The van der Waals surface area contributed by atoms with Crippen LogP contribution in [-0.2, 0) is 0 Å². The van der Waals surface area contributed by atoms with E-state index in [4.69, 9.17) is 5.73 Å². The maximum atomic E-state index is 6.26. The summed E-state index contributed by atoms with van der Waals surface area (Å²) in [6.07, 6.45) is 11.1. The van der Waals surface area contributed by atoms with Gasteiger partial charge in [-0.1, -0.05) is 6.42 Å². The molecule has 0 saturated carbocycles. The van der Waals surface area contributed by atoms with Gasteiger partial charge in [0, 0.05) is 36.8 Å². The molecule has 2 N–H and O–H groups in total. The molecule has 0 amide bonds. The maximum absolute atomic E-state index is 6.26. The lowest BCUT2D eigenvalue weighted by Crippen LogP contribution is -2.60. The van der Waals surface area contributed by atoms with Crippen molar-refractivity contribution in [3.8, 4) is 0 Å². The first-order valence-electron chi connectivity index (χ1n) is 8.10. The first kappa shape index (κ1) is 11.7. The topological polar surface area (TPSA) is 32.5 Å². The predicted octanol–water partition coefficient (Wildman–Crippen LogP) is 1.57. The minimum Gasteiger partial charge on any atom is -0.328 e. The quantitative estimate of drug-likeness (QED) is 0.765. The lowest BCUT2D eigenvalue weighted by atomic mass is 9.80. The fourth-order valence-corrected chi connectivity index (χ4v) is 5.40. The Bertz CT molecular complexity index is 305. The summed E-state index contributed by atoms with van der Waals surface area (Å²) in [5, 5.41) is 0. The van der Waals surface area contributed by atoms with Gasteiger partial charge in [0.2, 0.25) is 0 Å². The average molecular weight is 249 g/mol. The Morgan fingerprint density at radius 1 is 0.778 bits per heavy atom. The van der Waals surface area contributed by atoms with E-state index in [1.165, 1.54) is 64.5 Å². The number of piperidine rings is 2. The van der Waals surface area contributed by atoms with Crippen molar-refractivity contribution in [2.24, 2.45) is 5.73 Å². The molecule has 4 fully saturated rings. The molecule has 4 rings (SSSR count). The molecule has 4 aliphatic rings. The lowest BCUT2D eigenvalue weighted by Gasteiger charge is -2.52. The van der Waals surface area contributed by atoms with E-state index in [9.17, 15) is 0 Å². The molecule has 3 heteroatoms. The summed E-state index contributed by atoms with van der Waals surface area (Å²) >= 11 is 0. The second-order valence-electron chi connectivity index (χ2n) is 7.02. The van der Waals surface area contributed by atoms with Crippen molar-refractivity contribution in [3.05, 3.63) is 0 Å². The Labute approximate surface area is 111 Å². The average Bonchev–Trinajstić information content (AvgIpc) is 2.90. The molecule has 102 valence electrons. The zero-order valence-corrected chi connectivity index (χ0v) is 11.4. The fourth-order valence-electron chi connectivity index (χ4n) is 5.40. The summed E-state index contributed by atoms with van der Waals surface area (Å²) < 4.78 is 0. The van der Waals surface area contributed by atoms with Gasteiger partial charge in [0.05, 0.1) is 0 Å². The number of nitrogens with zero attached hydrogens (tertiary/aromatic N) is 2. The van der Waals surface area contributed by atoms with Gasteiger partial charge in [0.1, 0.15) is 0 Å². The van der Waals surface area contributed by atoms with E-state index in [2.05, 4.69) is 9.80 Å². The van der Waals surface area contributed by atoms with Crippen LogP contribution in [0.15, 0.2) is 0 Å². The molecule has 4 saturated heterocycles. The summed E-state index contributed by atoms with van der Waals surface area (Å²) in [7, 11) is 0. The Balaban J connectivity index is 1.56. The summed E-state index contributed by atoms with van der Waals surface area (Å²) in [6, 6.07) is 3.88. The second-order valence-corrected chi connectivity index (χ2v) is 7.02. The number of rotatable bonds is 1. The molecular weight excluding hydrogens is 222 g/mol. The minimum absolute atomic E-state index is 0.484. The third-order valence-corrected chi connectivity index (χ3v) is 6.02. The highest BCUT2D eigenvalue weighted by Crippen LogP contribution is 2.41. The molecular formula is C15H27N3. The number of nitrogens with two attached hydrogens (primary N) is 1. The van der Waals surface area contributed by atoms with Crippen LogP contribution in [0.1, 0.15) is 51.4 Å². The van der Waals surface area contributed by atoms with E-state index >= 15 is 0 Å². The smallest absolute Gasteiger partial charge is 0.0269 e. The molecule has 2 bridgehead atoms. The van der Waals surface area contributed by atoms with Gasteiger partial charge in [-0.2, -0.15) is 0 Å². The van der Waals surface area contributed by atoms with E-state index in [0.717, 1.165) is 24.2 Å². The van der Waals surface area contributed by atoms with Crippen LogP contribution >= 0.6 is 0 Å². The molecule has 4 aliphatic heterocycles. The molecule has 0 aromatic rings. The molecule has 0 aromatic carbocycles. The van der Waals surface area contributed by atoms with E-state index in [1.807, 2.05) is 0 Å². The summed E-state index contributed by atoms with van der Waals surface area (Å²) in [4.78, 5) is 5.71. The van der Waals surface area contributed by atoms with E-state index < -0.39 is 0 Å². The Morgan fingerprint density at radius 3 is 2.33 bits per heavy atom. The standard InChI is InChI=1S/C15H27N3/c16-11-9-12-3-1-4-13(10-11)18(12)15-6-8-17-7-2-5-14(15)17/h11-15H,1-10,16H2. The van der Waals surface area contributed by atoms with Crippen molar-refractivity contribution in [2.45, 2.75) is 81.6 Å². The largest absolute Gasteiger partial charge is 0.328 e. The van der Waals surface area contributed by atoms with Crippen molar-refractivity contribution in [2.75, 3.05) is 13.1 Å². The van der Waals surface area contributed by atoms with Crippen LogP contribution in [0.3, 0.4) is 0 Å². The second kappa shape index (κ2) is 4.46. The molecule has 4 heterocycles. The van der Waals surface area contributed by atoms with Gasteiger partial charge in [0.25, 0.3) is 0 Å². The first-order valence-corrected chi connectivity index (χ1v) is 8.10. The predicted molar refractivity (Wildman–Crippen MR) is 73.5 cm³/mol. The summed E-state index contributed by atoms with van der Waals surface area (Å²) in [5.74, 6) is 0. The zero-order valence-electron chi connectivity index (χ0n) is 11.4. The number of fused-ring (bicyclic) bond motifs is 3. The van der Waals surface area contributed by atoms with Crippen LogP contribution in [0.2, 0.25) is 0 Å². The van der Waals surface area contributed by atoms with E-state index in [-0.39, 0.29) is 0 Å². The SMILES string of the molecule is NC1CC2CCCC(C1)N2C1CCN2CCCC12. The van der Waals surface area contributed by atoms with Gasteiger partial charge in [0.15, 0.2) is 0 Å². The third-order valence-electron chi connectivity index (χ3n) is 6.02. The van der Waals surface area contributed by atoms with E-state index in [0.29, 0.717) is 6.04 Å².